The van der Waals surface area contributed by atoms with Gasteiger partial charge in [-0.05, 0) is 43.0 Å². The molecule has 1 aliphatic rings. The van der Waals surface area contributed by atoms with Gasteiger partial charge < -0.3 is 19.4 Å². The molecule has 4 rings (SSSR count). The molecule has 1 N–H and O–H groups in total. The summed E-state index contributed by atoms with van der Waals surface area (Å²) in [4.78, 5) is 14.8. The van der Waals surface area contributed by atoms with Crippen molar-refractivity contribution in [3.8, 4) is 0 Å². The Balaban J connectivity index is 1.24. The van der Waals surface area contributed by atoms with Crippen molar-refractivity contribution in [1.82, 2.24) is 15.5 Å². The van der Waals surface area contributed by atoms with Crippen molar-refractivity contribution in [3.05, 3.63) is 77.5 Å². The highest BCUT2D eigenvalue weighted by atomic mass is 16.5. The maximum atomic E-state index is 12.5. The van der Waals surface area contributed by atoms with Gasteiger partial charge >= 0.3 is 0 Å². The first-order chi connectivity index (χ1) is 15.6. The Hall–Kier alpha value is -3.19. The second-order valence-electron chi connectivity index (χ2n) is 8.23. The van der Waals surface area contributed by atoms with Crippen LogP contribution in [0.15, 0.2) is 59.0 Å². The number of amides is 1. The van der Waals surface area contributed by atoms with Gasteiger partial charge in [0.25, 0.3) is 0 Å². The number of piperidine rings is 1. The van der Waals surface area contributed by atoms with Crippen molar-refractivity contribution in [1.29, 1.82) is 0 Å². The van der Waals surface area contributed by atoms with Crippen LogP contribution in [-0.4, -0.2) is 42.3 Å². The zero-order valence-electron chi connectivity index (χ0n) is 18.7. The smallest absolute Gasteiger partial charge is 0.249 e. The van der Waals surface area contributed by atoms with Gasteiger partial charge in [0, 0.05) is 44.8 Å². The van der Waals surface area contributed by atoms with Crippen LogP contribution in [0.4, 0.5) is 5.69 Å². The van der Waals surface area contributed by atoms with E-state index in [1.54, 1.807) is 7.11 Å². The Kier molecular flexibility index (Phi) is 7.17. The van der Waals surface area contributed by atoms with Gasteiger partial charge in [0.1, 0.15) is 0 Å². The third kappa shape index (κ3) is 5.53. The van der Waals surface area contributed by atoms with E-state index in [1.165, 1.54) is 11.3 Å². The Labute approximate surface area is 188 Å². The predicted octanol–water partition coefficient (Wildman–Crippen LogP) is 3.83. The minimum absolute atomic E-state index is 0.0186. The Bertz CT molecular complexity index is 1010. The molecule has 2 heterocycles. The Morgan fingerprint density at radius 1 is 1.16 bits per heavy atom. The van der Waals surface area contributed by atoms with Crippen molar-refractivity contribution in [3.63, 3.8) is 0 Å². The molecule has 7 heteroatoms. The number of nitrogens with zero attached hydrogens (tertiary/aromatic N) is 3. The molecule has 1 atom stereocenters. The van der Waals surface area contributed by atoms with Crippen LogP contribution in [0.25, 0.3) is 0 Å². The molecule has 0 bridgehead atoms. The zero-order valence-corrected chi connectivity index (χ0v) is 18.7. The molecule has 1 aliphatic heterocycles. The maximum Gasteiger partial charge on any atom is 0.249 e. The minimum atomic E-state index is -0.412. The summed E-state index contributed by atoms with van der Waals surface area (Å²) >= 11 is 0. The fourth-order valence-corrected chi connectivity index (χ4v) is 4.11. The molecule has 0 unspecified atom stereocenters. The second kappa shape index (κ2) is 10.4. The molecule has 0 aliphatic carbocycles. The maximum absolute atomic E-state index is 12.5. The molecule has 0 radical (unpaired) electrons. The molecule has 1 saturated heterocycles. The summed E-state index contributed by atoms with van der Waals surface area (Å²) in [6.45, 7) is 4.00. The lowest BCUT2D eigenvalue weighted by Crippen LogP contribution is -2.44. The molecule has 0 spiro atoms. The highest BCUT2D eigenvalue weighted by Crippen LogP contribution is 2.24. The fourth-order valence-electron chi connectivity index (χ4n) is 4.11. The number of hydrogen-bond acceptors (Lipinski definition) is 6. The number of ether oxygens (including phenoxy) is 1. The van der Waals surface area contributed by atoms with Crippen LogP contribution < -0.4 is 10.2 Å². The van der Waals surface area contributed by atoms with Crippen molar-refractivity contribution >= 4 is 11.6 Å². The first kappa shape index (κ1) is 22.0. The van der Waals surface area contributed by atoms with Crippen molar-refractivity contribution < 1.29 is 13.9 Å². The third-order valence-electron chi connectivity index (χ3n) is 5.84. The van der Waals surface area contributed by atoms with Gasteiger partial charge in [0.2, 0.25) is 17.7 Å². The minimum Gasteiger partial charge on any atom is -0.422 e. The Morgan fingerprint density at radius 2 is 1.94 bits per heavy atom. The van der Waals surface area contributed by atoms with E-state index in [-0.39, 0.29) is 11.9 Å². The highest BCUT2D eigenvalue weighted by molar-refractivity contribution is 5.76. The monoisotopic (exact) mass is 434 g/mol. The predicted molar refractivity (Wildman–Crippen MR) is 122 cm³/mol. The topological polar surface area (TPSA) is 80.5 Å². The standard InChI is InChI=1S/C25H30N4O3/c1-18-7-6-10-21(17-18)29-15-13-20(14-16-29)26-22(30)11-12-23-27-28-25(32-23)24(31-2)19-8-4-3-5-9-19/h3-10,17,20,24H,11-16H2,1-2H3,(H,26,30)/t24-/m1/s1. The molecule has 3 aromatic rings. The summed E-state index contributed by atoms with van der Waals surface area (Å²) in [5.74, 6) is 0.866. The number of methoxy groups -OCH3 is 1. The van der Waals surface area contributed by atoms with E-state index in [0.29, 0.717) is 24.6 Å². The number of aromatic nitrogens is 2. The summed E-state index contributed by atoms with van der Waals surface area (Å²) in [7, 11) is 1.61. The lowest BCUT2D eigenvalue weighted by atomic mass is 10.0. The van der Waals surface area contributed by atoms with Gasteiger partial charge in [-0.25, -0.2) is 0 Å². The lowest BCUT2D eigenvalue weighted by Gasteiger charge is -2.34. The van der Waals surface area contributed by atoms with Gasteiger partial charge in [-0.2, -0.15) is 0 Å². The van der Waals surface area contributed by atoms with Crippen LogP contribution in [0, 0.1) is 6.92 Å². The molecular weight excluding hydrogens is 404 g/mol. The van der Waals surface area contributed by atoms with Crippen molar-refractivity contribution in [2.45, 2.75) is 44.8 Å². The van der Waals surface area contributed by atoms with Gasteiger partial charge in [0.05, 0.1) is 0 Å². The van der Waals surface area contributed by atoms with E-state index in [2.05, 4.69) is 51.6 Å². The molecule has 2 aromatic carbocycles. The van der Waals surface area contributed by atoms with Crippen LogP contribution in [0.1, 0.15) is 48.3 Å². The molecule has 32 heavy (non-hydrogen) atoms. The van der Waals surface area contributed by atoms with Crippen LogP contribution in [0.5, 0.6) is 0 Å². The van der Waals surface area contributed by atoms with Gasteiger partial charge in [-0.1, -0.05) is 42.5 Å². The summed E-state index contributed by atoms with van der Waals surface area (Å²) in [6.07, 6.45) is 2.20. The largest absolute Gasteiger partial charge is 0.422 e. The normalized spacial score (nSPS) is 15.5. The summed E-state index contributed by atoms with van der Waals surface area (Å²) in [5.41, 5.74) is 3.47. The number of carbonyl (C=O) groups is 1. The van der Waals surface area contributed by atoms with Gasteiger partial charge in [-0.15, -0.1) is 10.2 Å². The van der Waals surface area contributed by atoms with E-state index in [4.69, 9.17) is 9.15 Å². The van der Waals surface area contributed by atoms with E-state index in [9.17, 15) is 4.79 Å². The summed E-state index contributed by atoms with van der Waals surface area (Å²) in [6, 6.07) is 18.5. The number of aryl methyl sites for hydroxylation is 2. The SMILES string of the molecule is CO[C@H](c1ccccc1)c1nnc(CCC(=O)NC2CCN(c3cccc(C)c3)CC2)o1. The molecule has 7 nitrogen and oxygen atoms in total. The number of hydrogen-bond donors (Lipinski definition) is 1. The molecule has 1 fully saturated rings. The van der Waals surface area contributed by atoms with Crippen LogP contribution in [0.2, 0.25) is 0 Å². The second-order valence-corrected chi connectivity index (χ2v) is 8.23. The fraction of sp³-hybridized carbons (Fsp3) is 0.400. The van der Waals surface area contributed by atoms with Crippen molar-refractivity contribution in [2.75, 3.05) is 25.1 Å². The van der Waals surface area contributed by atoms with Crippen LogP contribution in [-0.2, 0) is 16.0 Å². The van der Waals surface area contributed by atoms with E-state index < -0.39 is 6.10 Å². The molecule has 1 aromatic heterocycles. The van der Waals surface area contributed by atoms with Crippen LogP contribution in [0.3, 0.4) is 0 Å². The number of carbonyl (C=O) groups excluding carboxylic acids is 1. The zero-order chi connectivity index (χ0) is 22.3. The van der Waals surface area contributed by atoms with Crippen molar-refractivity contribution in [2.24, 2.45) is 0 Å². The quantitative estimate of drug-likeness (QED) is 0.580. The summed E-state index contributed by atoms with van der Waals surface area (Å²) < 4.78 is 11.3. The van der Waals surface area contributed by atoms with Crippen LogP contribution >= 0.6 is 0 Å². The lowest BCUT2D eigenvalue weighted by molar-refractivity contribution is -0.122. The number of anilines is 1. The molecule has 0 saturated carbocycles. The van der Waals surface area contributed by atoms with Gasteiger partial charge in [-0.3, -0.25) is 4.79 Å². The number of rotatable bonds is 8. The third-order valence-corrected chi connectivity index (χ3v) is 5.84. The number of nitrogens with one attached hydrogen (secondary N) is 1. The van der Waals surface area contributed by atoms with Gasteiger partial charge in [0.15, 0.2) is 6.10 Å². The molecular formula is C25H30N4O3. The van der Waals surface area contributed by atoms with E-state index in [1.807, 2.05) is 30.3 Å². The Morgan fingerprint density at radius 3 is 2.66 bits per heavy atom. The first-order valence-electron chi connectivity index (χ1n) is 11.1. The number of benzene rings is 2. The highest BCUT2D eigenvalue weighted by Gasteiger charge is 2.23. The molecule has 1 amide bonds. The summed E-state index contributed by atoms with van der Waals surface area (Å²) in [5, 5.41) is 11.4. The van der Waals surface area contributed by atoms with E-state index >= 15 is 0 Å². The molecule has 168 valence electrons. The van der Waals surface area contributed by atoms with E-state index in [0.717, 1.165) is 31.5 Å². The average molecular weight is 435 g/mol. The average Bonchev–Trinajstić information content (AvgIpc) is 3.28. The first-order valence-corrected chi connectivity index (χ1v) is 11.1.